The van der Waals surface area contributed by atoms with Crippen LogP contribution in [0.25, 0.3) is 0 Å². The summed E-state index contributed by atoms with van der Waals surface area (Å²) in [6.45, 7) is 2.71. The van der Waals surface area contributed by atoms with Crippen molar-refractivity contribution in [2.45, 2.75) is 25.5 Å². The van der Waals surface area contributed by atoms with Crippen molar-refractivity contribution in [3.05, 3.63) is 34.1 Å². The second-order valence-corrected chi connectivity index (χ2v) is 5.05. The molecule has 0 bridgehead atoms. The third-order valence-corrected chi connectivity index (χ3v) is 3.85. The van der Waals surface area contributed by atoms with Gasteiger partial charge in [-0.3, -0.25) is 0 Å². The minimum Gasteiger partial charge on any atom is -0.378 e. The van der Waals surface area contributed by atoms with Gasteiger partial charge >= 0.3 is 0 Å². The van der Waals surface area contributed by atoms with Crippen LogP contribution in [-0.2, 0) is 4.74 Å². The molecular weight excluding hydrogens is 273 g/mol. The van der Waals surface area contributed by atoms with E-state index in [0.29, 0.717) is 10.0 Å². The Morgan fingerprint density at radius 1 is 1.56 bits per heavy atom. The van der Waals surface area contributed by atoms with Crippen molar-refractivity contribution in [1.29, 1.82) is 0 Å². The van der Waals surface area contributed by atoms with E-state index >= 15 is 0 Å². The Bertz CT molecular complexity index is 385. The number of halogens is 2. The number of ether oxygens (including phenoxy) is 1. The average Bonchev–Trinajstić information content (AvgIpc) is 2.68. The maximum atomic E-state index is 13.9. The van der Waals surface area contributed by atoms with Crippen molar-refractivity contribution in [1.82, 2.24) is 0 Å². The maximum absolute atomic E-state index is 13.9. The molecule has 1 saturated heterocycles. The Kier molecular flexibility index (Phi) is 3.62. The molecule has 3 atom stereocenters. The van der Waals surface area contributed by atoms with E-state index in [4.69, 9.17) is 10.5 Å². The van der Waals surface area contributed by atoms with Gasteiger partial charge in [-0.15, -0.1) is 0 Å². The molecule has 0 amide bonds. The van der Waals surface area contributed by atoms with Crippen LogP contribution in [0.2, 0.25) is 0 Å². The SMILES string of the molecule is CC1OCCC1C(N)c1cccc(Br)c1F. The topological polar surface area (TPSA) is 35.2 Å². The average molecular weight is 288 g/mol. The molecule has 1 aliphatic rings. The summed E-state index contributed by atoms with van der Waals surface area (Å²) in [5.74, 6) is -0.0575. The fraction of sp³-hybridized carbons (Fsp3) is 0.500. The van der Waals surface area contributed by atoms with E-state index in [0.717, 1.165) is 13.0 Å². The van der Waals surface area contributed by atoms with Crippen molar-refractivity contribution < 1.29 is 9.13 Å². The molecule has 1 heterocycles. The summed E-state index contributed by atoms with van der Waals surface area (Å²) >= 11 is 3.18. The van der Waals surface area contributed by atoms with Crippen molar-refractivity contribution >= 4 is 15.9 Å². The molecule has 0 radical (unpaired) electrons. The Morgan fingerprint density at radius 3 is 2.94 bits per heavy atom. The molecule has 0 saturated carbocycles. The summed E-state index contributed by atoms with van der Waals surface area (Å²) < 4.78 is 19.8. The van der Waals surface area contributed by atoms with Crippen LogP contribution in [0.4, 0.5) is 4.39 Å². The van der Waals surface area contributed by atoms with Gasteiger partial charge in [-0.05, 0) is 35.3 Å². The van der Waals surface area contributed by atoms with Gasteiger partial charge in [0, 0.05) is 24.1 Å². The zero-order chi connectivity index (χ0) is 11.7. The van der Waals surface area contributed by atoms with Crippen LogP contribution in [-0.4, -0.2) is 12.7 Å². The Labute approximate surface area is 103 Å². The standard InChI is InChI=1S/C12H15BrFNO/c1-7-8(5-6-16-7)12(15)9-3-2-4-10(13)11(9)14/h2-4,7-8,12H,5-6,15H2,1H3. The minimum absolute atomic E-state index is 0.105. The van der Waals surface area contributed by atoms with Crippen LogP contribution in [0, 0.1) is 11.7 Å². The first-order valence-corrected chi connectivity index (χ1v) is 6.21. The van der Waals surface area contributed by atoms with Gasteiger partial charge in [0.15, 0.2) is 0 Å². The van der Waals surface area contributed by atoms with Gasteiger partial charge in [0.1, 0.15) is 5.82 Å². The Morgan fingerprint density at radius 2 is 2.31 bits per heavy atom. The van der Waals surface area contributed by atoms with Crippen molar-refractivity contribution in [3.8, 4) is 0 Å². The number of nitrogens with two attached hydrogens (primary N) is 1. The molecular formula is C12H15BrFNO. The Balaban J connectivity index is 2.26. The lowest BCUT2D eigenvalue weighted by Gasteiger charge is -2.23. The van der Waals surface area contributed by atoms with Gasteiger partial charge in [0.2, 0.25) is 0 Å². The molecule has 0 aliphatic carbocycles. The second kappa shape index (κ2) is 4.82. The van der Waals surface area contributed by atoms with Crippen LogP contribution in [0.3, 0.4) is 0 Å². The second-order valence-electron chi connectivity index (χ2n) is 4.20. The van der Waals surface area contributed by atoms with E-state index in [2.05, 4.69) is 15.9 Å². The molecule has 1 aliphatic heterocycles. The van der Waals surface area contributed by atoms with E-state index in [1.165, 1.54) is 0 Å². The largest absolute Gasteiger partial charge is 0.378 e. The molecule has 0 spiro atoms. The summed E-state index contributed by atoms with van der Waals surface area (Å²) in [5, 5.41) is 0. The predicted molar refractivity (Wildman–Crippen MR) is 64.5 cm³/mol. The van der Waals surface area contributed by atoms with Gasteiger partial charge in [-0.25, -0.2) is 4.39 Å². The zero-order valence-electron chi connectivity index (χ0n) is 9.12. The molecule has 2 N–H and O–H groups in total. The minimum atomic E-state index is -0.296. The first-order valence-electron chi connectivity index (χ1n) is 5.42. The summed E-state index contributed by atoms with van der Waals surface area (Å²) in [7, 11) is 0. The highest BCUT2D eigenvalue weighted by molar-refractivity contribution is 9.10. The molecule has 0 aromatic heterocycles. The smallest absolute Gasteiger partial charge is 0.142 e. The van der Waals surface area contributed by atoms with Crippen molar-refractivity contribution in [2.24, 2.45) is 11.7 Å². The fourth-order valence-corrected chi connectivity index (χ4v) is 2.61. The van der Waals surface area contributed by atoms with Gasteiger partial charge in [-0.1, -0.05) is 12.1 Å². The zero-order valence-corrected chi connectivity index (χ0v) is 10.7. The van der Waals surface area contributed by atoms with E-state index in [-0.39, 0.29) is 23.9 Å². The van der Waals surface area contributed by atoms with Gasteiger partial charge in [-0.2, -0.15) is 0 Å². The van der Waals surface area contributed by atoms with E-state index in [9.17, 15) is 4.39 Å². The third-order valence-electron chi connectivity index (χ3n) is 3.24. The molecule has 3 unspecified atom stereocenters. The van der Waals surface area contributed by atoms with Crippen molar-refractivity contribution in [2.75, 3.05) is 6.61 Å². The van der Waals surface area contributed by atoms with Gasteiger partial charge < -0.3 is 10.5 Å². The summed E-state index contributed by atoms with van der Waals surface area (Å²) in [5.41, 5.74) is 6.69. The third kappa shape index (κ3) is 2.14. The highest BCUT2D eigenvalue weighted by atomic mass is 79.9. The first kappa shape index (κ1) is 12.0. The lowest BCUT2D eigenvalue weighted by Crippen LogP contribution is -2.27. The molecule has 2 nitrogen and oxygen atoms in total. The van der Waals surface area contributed by atoms with Crippen LogP contribution in [0.15, 0.2) is 22.7 Å². The number of hydrogen-bond acceptors (Lipinski definition) is 2. The van der Waals surface area contributed by atoms with Crippen LogP contribution < -0.4 is 5.73 Å². The predicted octanol–water partition coefficient (Wildman–Crippen LogP) is 3.01. The van der Waals surface area contributed by atoms with Crippen molar-refractivity contribution in [3.63, 3.8) is 0 Å². The number of rotatable bonds is 2. The fourth-order valence-electron chi connectivity index (χ4n) is 2.23. The molecule has 4 heteroatoms. The lowest BCUT2D eigenvalue weighted by atomic mass is 9.89. The summed E-state index contributed by atoms with van der Waals surface area (Å²) in [4.78, 5) is 0. The quantitative estimate of drug-likeness (QED) is 0.908. The normalized spacial score (nSPS) is 27.0. The van der Waals surface area contributed by atoms with Crippen LogP contribution >= 0.6 is 15.9 Å². The molecule has 1 aromatic carbocycles. The Hall–Kier alpha value is -0.450. The molecule has 16 heavy (non-hydrogen) atoms. The monoisotopic (exact) mass is 287 g/mol. The highest BCUT2D eigenvalue weighted by Gasteiger charge is 2.32. The molecule has 1 aromatic rings. The van der Waals surface area contributed by atoms with Gasteiger partial charge in [0.25, 0.3) is 0 Å². The lowest BCUT2D eigenvalue weighted by molar-refractivity contribution is 0.0991. The number of benzene rings is 1. The van der Waals surface area contributed by atoms with Gasteiger partial charge in [0.05, 0.1) is 10.6 Å². The van der Waals surface area contributed by atoms with Crippen LogP contribution in [0.1, 0.15) is 24.9 Å². The van der Waals surface area contributed by atoms with E-state index in [1.807, 2.05) is 13.0 Å². The molecule has 2 rings (SSSR count). The number of hydrogen-bond donors (Lipinski definition) is 1. The first-order chi connectivity index (χ1) is 7.61. The highest BCUT2D eigenvalue weighted by Crippen LogP contribution is 2.34. The van der Waals surface area contributed by atoms with E-state index in [1.54, 1.807) is 12.1 Å². The molecule has 88 valence electrons. The summed E-state index contributed by atoms with van der Waals surface area (Å²) in [6.07, 6.45) is 1.00. The molecule has 1 fully saturated rings. The maximum Gasteiger partial charge on any atom is 0.142 e. The van der Waals surface area contributed by atoms with Crippen LogP contribution in [0.5, 0.6) is 0 Å². The van der Waals surface area contributed by atoms with E-state index < -0.39 is 0 Å². The summed E-state index contributed by atoms with van der Waals surface area (Å²) in [6, 6.07) is 4.94.